The first-order valence-electron chi connectivity index (χ1n) is 5.12. The minimum absolute atomic E-state index is 0.00458. The van der Waals surface area contributed by atoms with E-state index in [1.165, 1.54) is 0 Å². The fraction of sp³-hybridized carbons (Fsp3) is 0.417. The third-order valence-corrected chi connectivity index (χ3v) is 2.99. The Morgan fingerprint density at radius 2 is 2.13 bits per heavy atom. The van der Waals surface area contributed by atoms with Crippen LogP contribution >= 0.6 is 11.6 Å². The molecule has 2 nitrogen and oxygen atoms in total. The van der Waals surface area contributed by atoms with Crippen LogP contribution in [0.25, 0.3) is 0 Å². The highest BCUT2D eigenvalue weighted by Gasteiger charge is 2.29. The van der Waals surface area contributed by atoms with Crippen LogP contribution in [0.15, 0.2) is 24.3 Å². The van der Waals surface area contributed by atoms with Crippen LogP contribution in [0, 0.1) is 0 Å². The smallest absolute Gasteiger partial charge is 0.193 e. The van der Waals surface area contributed by atoms with Gasteiger partial charge in [-0.1, -0.05) is 23.7 Å². The van der Waals surface area contributed by atoms with Crippen molar-refractivity contribution in [2.24, 2.45) is 0 Å². The van der Waals surface area contributed by atoms with Crippen molar-refractivity contribution in [2.45, 2.75) is 32.0 Å². The molecule has 1 fully saturated rings. The zero-order valence-corrected chi connectivity index (χ0v) is 9.33. The summed E-state index contributed by atoms with van der Waals surface area (Å²) in [6.07, 6.45) is 1.62. The Labute approximate surface area is 94.2 Å². The summed E-state index contributed by atoms with van der Waals surface area (Å²) in [6, 6.07) is 7.11. The first kappa shape index (κ1) is 10.7. The lowest BCUT2D eigenvalue weighted by molar-refractivity contribution is 0.0433. The topological polar surface area (TPSA) is 26.3 Å². The predicted octanol–water partition coefficient (Wildman–Crippen LogP) is 3.09. The standard InChI is InChI=1S/C12H13ClO2/c1-8-6-7-11(15-8)12(14)9-4-2-3-5-10(9)13/h2-5,8,11H,6-7H2,1H3. The molecule has 1 saturated heterocycles. The van der Waals surface area contributed by atoms with E-state index < -0.39 is 0 Å². The van der Waals surface area contributed by atoms with E-state index in [9.17, 15) is 4.79 Å². The number of carbonyl (C=O) groups is 1. The molecule has 0 amide bonds. The van der Waals surface area contributed by atoms with Crippen molar-refractivity contribution in [3.8, 4) is 0 Å². The van der Waals surface area contributed by atoms with Gasteiger partial charge in [0.15, 0.2) is 5.78 Å². The molecule has 0 aromatic heterocycles. The molecular formula is C12H13ClO2. The Hall–Kier alpha value is -0.860. The number of Topliss-reactive ketones (excluding diaryl/α,β-unsaturated/α-hetero) is 1. The predicted molar refractivity (Wildman–Crippen MR) is 59.4 cm³/mol. The second kappa shape index (κ2) is 4.33. The van der Waals surface area contributed by atoms with Gasteiger partial charge in [-0.2, -0.15) is 0 Å². The zero-order chi connectivity index (χ0) is 10.8. The third-order valence-electron chi connectivity index (χ3n) is 2.66. The monoisotopic (exact) mass is 224 g/mol. The number of carbonyl (C=O) groups excluding carboxylic acids is 1. The number of ketones is 1. The molecule has 1 aliphatic heterocycles. The number of benzene rings is 1. The minimum Gasteiger partial charge on any atom is -0.367 e. The number of hydrogen-bond acceptors (Lipinski definition) is 2. The summed E-state index contributed by atoms with van der Waals surface area (Å²) in [5, 5.41) is 0.505. The zero-order valence-electron chi connectivity index (χ0n) is 8.57. The van der Waals surface area contributed by atoms with E-state index in [4.69, 9.17) is 16.3 Å². The van der Waals surface area contributed by atoms with Crippen molar-refractivity contribution >= 4 is 17.4 Å². The van der Waals surface area contributed by atoms with Crippen LogP contribution in [-0.2, 0) is 4.74 Å². The molecule has 0 aliphatic carbocycles. The molecular weight excluding hydrogens is 212 g/mol. The van der Waals surface area contributed by atoms with Crippen LogP contribution in [0.3, 0.4) is 0 Å². The van der Waals surface area contributed by atoms with Gasteiger partial charge < -0.3 is 4.74 Å². The fourth-order valence-corrected chi connectivity index (χ4v) is 2.06. The summed E-state index contributed by atoms with van der Waals surface area (Å²) in [6.45, 7) is 1.99. The Balaban J connectivity index is 2.18. The lowest BCUT2D eigenvalue weighted by Gasteiger charge is -2.10. The van der Waals surface area contributed by atoms with Crippen LogP contribution in [0.2, 0.25) is 5.02 Å². The summed E-state index contributed by atoms with van der Waals surface area (Å²) >= 11 is 5.96. The number of halogens is 1. The maximum atomic E-state index is 12.0. The van der Waals surface area contributed by atoms with Gasteiger partial charge in [0.05, 0.1) is 11.1 Å². The SMILES string of the molecule is CC1CCC(C(=O)c2ccccc2Cl)O1. The van der Waals surface area contributed by atoms with Crippen molar-refractivity contribution in [3.63, 3.8) is 0 Å². The molecule has 0 bridgehead atoms. The highest BCUT2D eigenvalue weighted by atomic mass is 35.5. The van der Waals surface area contributed by atoms with E-state index in [2.05, 4.69) is 0 Å². The van der Waals surface area contributed by atoms with E-state index in [1.807, 2.05) is 19.1 Å². The van der Waals surface area contributed by atoms with Crippen molar-refractivity contribution in [1.29, 1.82) is 0 Å². The fourth-order valence-electron chi connectivity index (χ4n) is 1.83. The molecule has 2 unspecified atom stereocenters. The molecule has 0 spiro atoms. The molecule has 2 atom stereocenters. The van der Waals surface area contributed by atoms with E-state index in [0.29, 0.717) is 10.6 Å². The highest BCUT2D eigenvalue weighted by molar-refractivity contribution is 6.34. The Morgan fingerprint density at radius 1 is 1.40 bits per heavy atom. The Kier molecular flexibility index (Phi) is 3.08. The molecule has 0 saturated carbocycles. The molecule has 3 heteroatoms. The molecule has 2 rings (SSSR count). The number of ether oxygens (including phenoxy) is 1. The molecule has 1 aliphatic rings. The average molecular weight is 225 g/mol. The maximum Gasteiger partial charge on any atom is 0.193 e. The van der Waals surface area contributed by atoms with Gasteiger partial charge in [-0.25, -0.2) is 0 Å². The lowest BCUT2D eigenvalue weighted by Crippen LogP contribution is -2.21. The van der Waals surface area contributed by atoms with Gasteiger partial charge in [-0.15, -0.1) is 0 Å². The lowest BCUT2D eigenvalue weighted by atomic mass is 10.0. The largest absolute Gasteiger partial charge is 0.367 e. The molecule has 1 heterocycles. The van der Waals surface area contributed by atoms with Crippen LogP contribution in [-0.4, -0.2) is 18.0 Å². The van der Waals surface area contributed by atoms with Crippen molar-refractivity contribution < 1.29 is 9.53 Å². The van der Waals surface area contributed by atoms with Crippen LogP contribution in [0.5, 0.6) is 0 Å². The van der Waals surface area contributed by atoms with Crippen molar-refractivity contribution in [1.82, 2.24) is 0 Å². The molecule has 0 radical (unpaired) electrons. The van der Waals surface area contributed by atoms with E-state index in [1.54, 1.807) is 12.1 Å². The second-order valence-corrected chi connectivity index (χ2v) is 4.26. The van der Waals surface area contributed by atoms with Gasteiger partial charge in [0.25, 0.3) is 0 Å². The van der Waals surface area contributed by atoms with E-state index >= 15 is 0 Å². The first-order chi connectivity index (χ1) is 7.18. The molecule has 1 aromatic carbocycles. The van der Waals surface area contributed by atoms with Crippen LogP contribution in [0.1, 0.15) is 30.1 Å². The Morgan fingerprint density at radius 3 is 2.73 bits per heavy atom. The molecule has 1 aromatic rings. The highest BCUT2D eigenvalue weighted by Crippen LogP contribution is 2.25. The summed E-state index contributed by atoms with van der Waals surface area (Å²) in [5.74, 6) is 0.00458. The third kappa shape index (κ3) is 2.21. The quantitative estimate of drug-likeness (QED) is 0.722. The van der Waals surface area contributed by atoms with Gasteiger partial charge in [-0.3, -0.25) is 4.79 Å². The Bertz CT molecular complexity index is 376. The number of rotatable bonds is 2. The number of hydrogen-bond donors (Lipinski definition) is 0. The van der Waals surface area contributed by atoms with Gasteiger partial charge in [0.2, 0.25) is 0 Å². The van der Waals surface area contributed by atoms with Crippen molar-refractivity contribution in [3.05, 3.63) is 34.9 Å². The van der Waals surface area contributed by atoms with Gasteiger partial charge in [0.1, 0.15) is 6.10 Å². The van der Waals surface area contributed by atoms with E-state index in [0.717, 1.165) is 12.8 Å². The summed E-state index contributed by atoms with van der Waals surface area (Å²) in [7, 11) is 0. The molecule has 15 heavy (non-hydrogen) atoms. The summed E-state index contributed by atoms with van der Waals surface area (Å²) in [5.41, 5.74) is 0.568. The van der Waals surface area contributed by atoms with Gasteiger partial charge in [0, 0.05) is 5.56 Å². The van der Waals surface area contributed by atoms with Gasteiger partial charge in [-0.05, 0) is 31.9 Å². The second-order valence-electron chi connectivity index (χ2n) is 3.86. The average Bonchev–Trinajstić information content (AvgIpc) is 2.65. The van der Waals surface area contributed by atoms with Crippen LogP contribution in [0.4, 0.5) is 0 Å². The van der Waals surface area contributed by atoms with Crippen molar-refractivity contribution in [2.75, 3.05) is 0 Å². The first-order valence-corrected chi connectivity index (χ1v) is 5.50. The van der Waals surface area contributed by atoms with E-state index in [-0.39, 0.29) is 18.0 Å². The van der Waals surface area contributed by atoms with Gasteiger partial charge >= 0.3 is 0 Å². The molecule has 80 valence electrons. The van der Waals surface area contributed by atoms with Crippen LogP contribution < -0.4 is 0 Å². The normalized spacial score (nSPS) is 25.5. The molecule has 0 N–H and O–H groups in total. The minimum atomic E-state index is -0.306. The summed E-state index contributed by atoms with van der Waals surface area (Å²) < 4.78 is 5.52. The maximum absolute atomic E-state index is 12.0. The summed E-state index contributed by atoms with van der Waals surface area (Å²) in [4.78, 5) is 12.0.